The standard InChI is InChI=1S/C22H21F3N6O4S/c1-31(11-13-8-15(36(26,33)34)4-6-18(13)35-2)20-16(22(23,24)25)10-27-21(30-20)28-14-3-5-17-12(7-14)9-19(32)29-17/h3-8,10H,9,11H2,1-2H3,(H,29,32)(H2,26,33,34)(H,27,28,30). The second-order valence-corrected chi connectivity index (χ2v) is 9.59. The van der Waals surface area contributed by atoms with Gasteiger partial charge in [-0.25, -0.2) is 18.5 Å². The minimum atomic E-state index is -4.76. The lowest BCUT2D eigenvalue weighted by Gasteiger charge is -2.24. The highest BCUT2D eigenvalue weighted by Crippen LogP contribution is 2.37. The van der Waals surface area contributed by atoms with Gasteiger partial charge in [-0.3, -0.25) is 4.79 Å². The van der Waals surface area contributed by atoms with Crippen molar-refractivity contribution < 1.29 is 31.1 Å². The maximum Gasteiger partial charge on any atom is 0.421 e. The summed E-state index contributed by atoms with van der Waals surface area (Å²) >= 11 is 0. The monoisotopic (exact) mass is 522 g/mol. The predicted molar refractivity (Wildman–Crippen MR) is 126 cm³/mol. The molecule has 2 aromatic carbocycles. The fraction of sp³-hybridized carbons (Fsp3) is 0.227. The van der Waals surface area contributed by atoms with Crippen molar-refractivity contribution in [2.75, 3.05) is 29.7 Å². The van der Waals surface area contributed by atoms with Crippen LogP contribution in [0.1, 0.15) is 16.7 Å². The van der Waals surface area contributed by atoms with Crippen LogP contribution in [0.15, 0.2) is 47.5 Å². The topological polar surface area (TPSA) is 140 Å². The molecule has 0 saturated heterocycles. The zero-order valence-electron chi connectivity index (χ0n) is 19.0. The Morgan fingerprint density at radius 3 is 2.64 bits per heavy atom. The molecule has 10 nitrogen and oxygen atoms in total. The Labute approximate surface area is 204 Å². The number of aromatic nitrogens is 2. The Kier molecular flexibility index (Phi) is 6.49. The second-order valence-electron chi connectivity index (χ2n) is 8.03. The lowest BCUT2D eigenvalue weighted by atomic mass is 10.1. The Morgan fingerprint density at radius 2 is 1.97 bits per heavy atom. The normalized spacial score (nSPS) is 13.2. The molecule has 1 aliphatic rings. The number of rotatable bonds is 7. The molecular weight excluding hydrogens is 501 g/mol. The molecular formula is C22H21F3N6O4S. The number of carbonyl (C=O) groups is 1. The van der Waals surface area contributed by atoms with Gasteiger partial charge in [-0.05, 0) is 42.0 Å². The highest BCUT2D eigenvalue weighted by Gasteiger charge is 2.36. The fourth-order valence-electron chi connectivity index (χ4n) is 3.75. The van der Waals surface area contributed by atoms with E-state index >= 15 is 0 Å². The third-order valence-electron chi connectivity index (χ3n) is 5.41. The van der Waals surface area contributed by atoms with E-state index in [-0.39, 0.29) is 41.0 Å². The number of sulfonamides is 1. The number of alkyl halides is 3. The molecule has 0 fully saturated rings. The highest BCUT2D eigenvalue weighted by atomic mass is 32.2. The lowest BCUT2D eigenvalue weighted by molar-refractivity contribution is -0.137. The van der Waals surface area contributed by atoms with E-state index in [2.05, 4.69) is 20.6 Å². The summed E-state index contributed by atoms with van der Waals surface area (Å²) < 4.78 is 70.1. The number of halogens is 3. The van der Waals surface area contributed by atoms with Gasteiger partial charge in [0.1, 0.15) is 17.1 Å². The molecule has 0 unspecified atom stereocenters. The number of nitrogens with zero attached hydrogens (tertiary/aromatic N) is 3. The van der Waals surface area contributed by atoms with Crippen molar-refractivity contribution in [1.82, 2.24) is 9.97 Å². The van der Waals surface area contributed by atoms with Crippen LogP contribution in [-0.2, 0) is 34.0 Å². The van der Waals surface area contributed by atoms with E-state index in [9.17, 15) is 26.4 Å². The number of methoxy groups -OCH3 is 1. The van der Waals surface area contributed by atoms with Gasteiger partial charge in [0.2, 0.25) is 21.9 Å². The lowest BCUT2D eigenvalue weighted by Crippen LogP contribution is -2.24. The van der Waals surface area contributed by atoms with E-state index in [0.29, 0.717) is 17.6 Å². The molecule has 2 heterocycles. The van der Waals surface area contributed by atoms with Crippen LogP contribution in [0.2, 0.25) is 0 Å². The maximum absolute atomic E-state index is 13.8. The maximum atomic E-state index is 13.8. The molecule has 190 valence electrons. The average Bonchev–Trinajstić information content (AvgIpc) is 3.17. The predicted octanol–water partition coefficient (Wildman–Crippen LogP) is 3.03. The summed E-state index contributed by atoms with van der Waals surface area (Å²) in [5, 5.41) is 10.8. The third kappa shape index (κ3) is 5.33. The summed E-state index contributed by atoms with van der Waals surface area (Å²) in [6.07, 6.45) is -3.90. The number of fused-ring (bicyclic) bond motifs is 1. The molecule has 4 N–H and O–H groups in total. The number of nitrogens with one attached hydrogen (secondary N) is 2. The van der Waals surface area contributed by atoms with E-state index in [1.54, 1.807) is 18.2 Å². The van der Waals surface area contributed by atoms with Crippen LogP contribution in [0, 0.1) is 0 Å². The summed E-state index contributed by atoms with van der Waals surface area (Å²) in [6.45, 7) is -0.182. The minimum Gasteiger partial charge on any atom is -0.496 e. The van der Waals surface area contributed by atoms with Crippen molar-refractivity contribution in [1.29, 1.82) is 0 Å². The van der Waals surface area contributed by atoms with Gasteiger partial charge in [-0.15, -0.1) is 0 Å². The molecule has 1 aliphatic heterocycles. The van der Waals surface area contributed by atoms with Gasteiger partial charge in [0.25, 0.3) is 0 Å². The van der Waals surface area contributed by atoms with Gasteiger partial charge in [0, 0.05) is 36.7 Å². The Bertz CT molecular complexity index is 1450. The van der Waals surface area contributed by atoms with Gasteiger partial charge in [-0.2, -0.15) is 18.2 Å². The molecule has 3 aromatic rings. The average molecular weight is 523 g/mol. The molecule has 1 aromatic heterocycles. The van der Waals surface area contributed by atoms with Crippen molar-refractivity contribution in [3.8, 4) is 5.75 Å². The van der Waals surface area contributed by atoms with Crippen molar-refractivity contribution in [2.45, 2.75) is 24.0 Å². The first-order chi connectivity index (χ1) is 16.8. The molecule has 0 bridgehead atoms. The van der Waals surface area contributed by atoms with E-state index in [1.165, 1.54) is 37.3 Å². The summed E-state index contributed by atoms with van der Waals surface area (Å²) in [5.74, 6) is -0.441. The number of amides is 1. The van der Waals surface area contributed by atoms with Crippen molar-refractivity contribution in [3.05, 3.63) is 59.3 Å². The molecule has 0 radical (unpaired) electrons. The third-order valence-corrected chi connectivity index (χ3v) is 6.32. The molecule has 36 heavy (non-hydrogen) atoms. The Morgan fingerprint density at radius 1 is 1.22 bits per heavy atom. The zero-order chi connectivity index (χ0) is 26.3. The molecule has 0 saturated carbocycles. The SMILES string of the molecule is COc1ccc(S(N)(=O)=O)cc1CN(C)c1nc(Nc2ccc3c(c2)CC(=O)N3)ncc1C(F)(F)F. The van der Waals surface area contributed by atoms with Crippen LogP contribution >= 0.6 is 0 Å². The number of benzene rings is 2. The Balaban J connectivity index is 1.68. The van der Waals surface area contributed by atoms with E-state index in [0.717, 1.165) is 5.56 Å². The Hall–Kier alpha value is -3.91. The van der Waals surface area contributed by atoms with E-state index < -0.39 is 27.6 Å². The van der Waals surface area contributed by atoms with Crippen LogP contribution in [0.5, 0.6) is 5.75 Å². The van der Waals surface area contributed by atoms with Crippen molar-refractivity contribution in [2.24, 2.45) is 5.14 Å². The van der Waals surface area contributed by atoms with Gasteiger partial charge in [0.05, 0.1) is 18.4 Å². The minimum absolute atomic E-state index is 0.104. The van der Waals surface area contributed by atoms with Crippen LogP contribution in [0.4, 0.5) is 36.3 Å². The van der Waals surface area contributed by atoms with Crippen molar-refractivity contribution in [3.63, 3.8) is 0 Å². The summed E-state index contributed by atoms with van der Waals surface area (Å²) in [7, 11) is -1.32. The molecule has 0 spiro atoms. The van der Waals surface area contributed by atoms with Gasteiger partial charge in [0.15, 0.2) is 0 Å². The van der Waals surface area contributed by atoms with Gasteiger partial charge >= 0.3 is 6.18 Å². The number of ether oxygens (including phenoxy) is 1. The van der Waals surface area contributed by atoms with E-state index in [4.69, 9.17) is 9.88 Å². The highest BCUT2D eigenvalue weighted by molar-refractivity contribution is 7.89. The fourth-order valence-corrected chi connectivity index (χ4v) is 4.31. The second kappa shape index (κ2) is 9.28. The van der Waals surface area contributed by atoms with Crippen LogP contribution in [-0.4, -0.2) is 38.5 Å². The summed E-state index contributed by atoms with van der Waals surface area (Å²) in [4.78, 5) is 20.5. The number of anilines is 4. The van der Waals surface area contributed by atoms with Gasteiger partial charge < -0.3 is 20.3 Å². The number of primary sulfonamides is 1. The largest absolute Gasteiger partial charge is 0.496 e. The van der Waals surface area contributed by atoms with Crippen LogP contribution < -0.4 is 25.4 Å². The zero-order valence-corrected chi connectivity index (χ0v) is 19.9. The van der Waals surface area contributed by atoms with Gasteiger partial charge in [-0.1, -0.05) is 0 Å². The number of nitrogens with two attached hydrogens (primary N) is 1. The first kappa shape index (κ1) is 25.2. The first-order valence-electron chi connectivity index (χ1n) is 10.4. The smallest absolute Gasteiger partial charge is 0.421 e. The number of hydrogen-bond acceptors (Lipinski definition) is 8. The summed E-state index contributed by atoms with van der Waals surface area (Å²) in [6, 6.07) is 8.83. The van der Waals surface area contributed by atoms with Crippen LogP contribution in [0.25, 0.3) is 0 Å². The van der Waals surface area contributed by atoms with Crippen molar-refractivity contribution >= 4 is 39.1 Å². The number of hydrogen-bond donors (Lipinski definition) is 3. The van der Waals surface area contributed by atoms with E-state index in [1.807, 2.05) is 0 Å². The molecule has 0 aliphatic carbocycles. The number of carbonyl (C=O) groups excluding carboxylic acids is 1. The molecule has 14 heteroatoms. The summed E-state index contributed by atoms with van der Waals surface area (Å²) in [5.41, 5.74) is 1.08. The first-order valence-corrected chi connectivity index (χ1v) is 11.9. The quantitative estimate of drug-likeness (QED) is 0.430. The molecule has 4 rings (SSSR count). The molecule has 0 atom stereocenters. The molecule has 1 amide bonds. The van der Waals surface area contributed by atoms with Crippen LogP contribution in [0.3, 0.4) is 0 Å².